The molecule has 1 N–H and O–H groups in total. The minimum atomic E-state index is -0.748. The van der Waals surface area contributed by atoms with Crippen LogP contribution in [0.2, 0.25) is 5.02 Å². The fourth-order valence-electron chi connectivity index (χ4n) is 2.80. The van der Waals surface area contributed by atoms with Crippen LogP contribution >= 0.6 is 46.3 Å². The van der Waals surface area contributed by atoms with Crippen molar-refractivity contribution in [1.82, 2.24) is 15.4 Å². The lowest BCUT2D eigenvalue weighted by atomic mass is 9.95. The zero-order valence-electron chi connectivity index (χ0n) is 13.8. The van der Waals surface area contributed by atoms with Crippen LogP contribution in [0.25, 0.3) is 10.2 Å². The fourth-order valence-corrected chi connectivity index (χ4v) is 5.26. The molecule has 0 spiro atoms. The summed E-state index contributed by atoms with van der Waals surface area (Å²) in [6, 6.07) is 14.5. The first-order valence-electron chi connectivity index (χ1n) is 8.04. The van der Waals surface area contributed by atoms with Gasteiger partial charge in [0.25, 0.3) is 5.91 Å². The van der Waals surface area contributed by atoms with Crippen LogP contribution in [0, 0.1) is 0 Å². The molecule has 9 heteroatoms. The van der Waals surface area contributed by atoms with Gasteiger partial charge in [0.05, 0.1) is 16.0 Å². The average molecular weight is 438 g/mol. The van der Waals surface area contributed by atoms with Crippen molar-refractivity contribution >= 4 is 68.3 Å². The molecule has 2 aromatic carbocycles. The predicted molar refractivity (Wildman–Crippen MR) is 109 cm³/mol. The minimum absolute atomic E-state index is 0.145. The molecule has 1 fully saturated rings. The van der Waals surface area contributed by atoms with E-state index in [2.05, 4.69) is 10.4 Å². The number of para-hydroxylation sites is 1. The van der Waals surface area contributed by atoms with Crippen LogP contribution in [0.3, 0.4) is 0 Å². The number of nitrogens with one attached hydrogen (secondary N) is 1. The Morgan fingerprint density at radius 2 is 1.96 bits per heavy atom. The Morgan fingerprint density at radius 1 is 1.22 bits per heavy atom. The van der Waals surface area contributed by atoms with Crippen molar-refractivity contribution in [3.63, 3.8) is 0 Å². The zero-order chi connectivity index (χ0) is 19.0. The van der Waals surface area contributed by atoms with Gasteiger partial charge in [-0.15, -0.1) is 22.9 Å². The number of amides is 2. The van der Waals surface area contributed by atoms with Crippen LogP contribution in [0.5, 0.6) is 0 Å². The molecule has 4 rings (SSSR count). The number of nitrogens with zero attached hydrogens (tertiary/aromatic N) is 2. The van der Waals surface area contributed by atoms with E-state index in [4.69, 9.17) is 23.2 Å². The maximum absolute atomic E-state index is 12.3. The second-order valence-corrected chi connectivity index (χ2v) is 8.98. The third kappa shape index (κ3) is 3.65. The van der Waals surface area contributed by atoms with Crippen molar-refractivity contribution in [3.05, 3.63) is 59.1 Å². The molecular formula is C18H13Cl2N3O2S2. The maximum Gasteiger partial charge on any atom is 0.262 e. The van der Waals surface area contributed by atoms with E-state index in [-0.39, 0.29) is 17.6 Å². The number of benzene rings is 2. The molecule has 0 saturated carbocycles. The number of thiazole rings is 1. The number of rotatable bonds is 5. The number of thioether (sulfide) groups is 1. The number of alkyl halides is 1. The summed E-state index contributed by atoms with van der Waals surface area (Å²) in [6.07, 6.45) is 0. The SMILES string of the molecule is O=C(CSc1nc2ccccc2s1)NN1C(=O)C(Cl)C1c1ccccc1Cl. The van der Waals surface area contributed by atoms with Crippen LogP contribution in [-0.2, 0) is 9.59 Å². The van der Waals surface area contributed by atoms with Gasteiger partial charge in [0, 0.05) is 5.02 Å². The fraction of sp³-hybridized carbons (Fsp3) is 0.167. The second kappa shape index (κ2) is 7.67. The molecule has 138 valence electrons. The van der Waals surface area contributed by atoms with E-state index in [0.717, 1.165) is 14.6 Å². The van der Waals surface area contributed by atoms with Crippen LogP contribution in [-0.4, -0.2) is 32.9 Å². The third-order valence-corrected chi connectivity index (χ3v) is 7.05. The van der Waals surface area contributed by atoms with E-state index < -0.39 is 11.4 Å². The molecule has 1 saturated heterocycles. The highest BCUT2D eigenvalue weighted by Crippen LogP contribution is 2.40. The third-order valence-electron chi connectivity index (χ3n) is 4.10. The number of aromatic nitrogens is 1. The van der Waals surface area contributed by atoms with Gasteiger partial charge in [-0.25, -0.2) is 9.99 Å². The second-order valence-electron chi connectivity index (χ2n) is 5.85. The lowest BCUT2D eigenvalue weighted by molar-refractivity contribution is -0.155. The number of β-lactam (4-membered cyclic amide) rings is 1. The van der Waals surface area contributed by atoms with Crippen LogP contribution in [0.15, 0.2) is 52.9 Å². The van der Waals surface area contributed by atoms with Crippen molar-refractivity contribution in [2.24, 2.45) is 0 Å². The summed E-state index contributed by atoms with van der Waals surface area (Å²) in [4.78, 5) is 28.9. The Hall–Kier alpha value is -1.80. The molecule has 27 heavy (non-hydrogen) atoms. The first-order chi connectivity index (χ1) is 13.0. The standard InChI is InChI=1S/C18H13Cl2N3O2S2/c19-11-6-2-1-5-10(11)16-15(20)17(25)23(16)22-14(24)9-26-18-21-12-7-3-4-8-13(12)27-18/h1-8,15-16H,9H2,(H,22,24). The Labute approximate surface area is 173 Å². The lowest BCUT2D eigenvalue weighted by Crippen LogP contribution is -2.63. The molecule has 0 bridgehead atoms. The summed E-state index contributed by atoms with van der Waals surface area (Å²) in [5.41, 5.74) is 4.25. The average Bonchev–Trinajstić information content (AvgIpc) is 3.10. The van der Waals surface area contributed by atoms with E-state index in [9.17, 15) is 9.59 Å². The van der Waals surface area contributed by atoms with Crippen molar-refractivity contribution < 1.29 is 9.59 Å². The van der Waals surface area contributed by atoms with Gasteiger partial charge in [0.1, 0.15) is 11.4 Å². The Kier molecular flexibility index (Phi) is 5.27. The van der Waals surface area contributed by atoms with Crippen molar-refractivity contribution in [2.45, 2.75) is 15.8 Å². The number of carbonyl (C=O) groups is 2. The van der Waals surface area contributed by atoms with Gasteiger partial charge in [-0.05, 0) is 23.8 Å². The van der Waals surface area contributed by atoms with E-state index in [1.807, 2.05) is 30.3 Å². The molecular weight excluding hydrogens is 425 g/mol. The van der Waals surface area contributed by atoms with Gasteiger partial charge in [0.2, 0.25) is 5.91 Å². The van der Waals surface area contributed by atoms with Crippen molar-refractivity contribution in [3.8, 4) is 0 Å². The van der Waals surface area contributed by atoms with Gasteiger partial charge in [0.15, 0.2) is 4.34 Å². The molecule has 2 amide bonds. The molecule has 1 aliphatic rings. The number of hydrogen-bond acceptors (Lipinski definition) is 5. The quantitative estimate of drug-likeness (QED) is 0.367. The molecule has 2 heterocycles. The Balaban J connectivity index is 1.41. The van der Waals surface area contributed by atoms with Gasteiger partial charge >= 0.3 is 0 Å². The van der Waals surface area contributed by atoms with E-state index in [1.165, 1.54) is 28.1 Å². The highest BCUT2D eigenvalue weighted by Gasteiger charge is 2.49. The van der Waals surface area contributed by atoms with Gasteiger partial charge < -0.3 is 0 Å². The molecule has 5 nitrogen and oxygen atoms in total. The highest BCUT2D eigenvalue weighted by atomic mass is 35.5. The van der Waals surface area contributed by atoms with E-state index in [0.29, 0.717) is 10.6 Å². The molecule has 2 atom stereocenters. The summed E-state index contributed by atoms with van der Waals surface area (Å²) in [5, 5.41) is 1.01. The predicted octanol–water partition coefficient (Wildman–Crippen LogP) is 4.26. The summed E-state index contributed by atoms with van der Waals surface area (Å²) in [7, 11) is 0. The molecule has 1 aliphatic heterocycles. The number of halogens is 2. The van der Waals surface area contributed by atoms with Gasteiger partial charge in [-0.2, -0.15) is 0 Å². The van der Waals surface area contributed by atoms with Crippen molar-refractivity contribution in [1.29, 1.82) is 0 Å². The number of hydrazine groups is 1. The van der Waals surface area contributed by atoms with Crippen LogP contribution < -0.4 is 5.43 Å². The van der Waals surface area contributed by atoms with Crippen LogP contribution in [0.4, 0.5) is 0 Å². The summed E-state index contributed by atoms with van der Waals surface area (Å²) in [6.45, 7) is 0. The Morgan fingerprint density at radius 3 is 2.74 bits per heavy atom. The van der Waals surface area contributed by atoms with E-state index >= 15 is 0 Å². The molecule has 3 aromatic rings. The summed E-state index contributed by atoms with van der Waals surface area (Å²) in [5.74, 6) is -0.501. The molecule has 0 aliphatic carbocycles. The highest BCUT2D eigenvalue weighted by molar-refractivity contribution is 8.01. The van der Waals surface area contributed by atoms with Gasteiger partial charge in [-0.1, -0.05) is 53.7 Å². The molecule has 2 unspecified atom stereocenters. The van der Waals surface area contributed by atoms with E-state index in [1.54, 1.807) is 18.2 Å². The number of carbonyl (C=O) groups excluding carboxylic acids is 2. The largest absolute Gasteiger partial charge is 0.272 e. The zero-order valence-corrected chi connectivity index (χ0v) is 16.9. The van der Waals surface area contributed by atoms with Crippen molar-refractivity contribution in [2.75, 3.05) is 5.75 Å². The number of hydrogen-bond donors (Lipinski definition) is 1. The van der Waals surface area contributed by atoms with Gasteiger partial charge in [-0.3, -0.25) is 15.0 Å². The normalized spacial score (nSPS) is 19.2. The molecule has 0 radical (unpaired) electrons. The first kappa shape index (κ1) is 18.6. The first-order valence-corrected chi connectivity index (χ1v) is 10.7. The lowest BCUT2D eigenvalue weighted by Gasteiger charge is -2.44. The summed E-state index contributed by atoms with van der Waals surface area (Å²) >= 11 is 15.2. The summed E-state index contributed by atoms with van der Waals surface area (Å²) < 4.78 is 1.88. The van der Waals surface area contributed by atoms with Crippen LogP contribution in [0.1, 0.15) is 11.6 Å². The topological polar surface area (TPSA) is 62.3 Å². The Bertz CT molecular complexity index is 994. The molecule has 1 aromatic heterocycles. The minimum Gasteiger partial charge on any atom is -0.272 e. The monoisotopic (exact) mass is 437 g/mol. The number of fused-ring (bicyclic) bond motifs is 1. The smallest absolute Gasteiger partial charge is 0.262 e. The maximum atomic E-state index is 12.3.